The Labute approximate surface area is 90.6 Å². The van der Waals surface area contributed by atoms with E-state index in [0.717, 1.165) is 6.54 Å². The maximum atomic E-state index is 3.77. The van der Waals surface area contributed by atoms with E-state index in [0.29, 0.717) is 5.25 Å². The Balaban J connectivity index is 2.59. The van der Waals surface area contributed by atoms with Crippen LogP contribution in [0.25, 0.3) is 0 Å². The van der Waals surface area contributed by atoms with Gasteiger partial charge in [0.2, 0.25) is 0 Å². The van der Waals surface area contributed by atoms with E-state index < -0.39 is 0 Å². The highest BCUT2D eigenvalue weighted by molar-refractivity contribution is 8.00. The van der Waals surface area contributed by atoms with Crippen molar-refractivity contribution >= 4 is 11.8 Å². The van der Waals surface area contributed by atoms with Crippen LogP contribution < -0.4 is 5.32 Å². The Kier molecular flexibility index (Phi) is 4.77. The molecule has 76 valence electrons. The molecule has 1 unspecified atom stereocenters. The topological polar surface area (TPSA) is 12.0 Å². The molecular formula is C12H17NS. The van der Waals surface area contributed by atoms with Gasteiger partial charge in [-0.05, 0) is 31.7 Å². The molecule has 0 aliphatic carbocycles. The predicted molar refractivity (Wildman–Crippen MR) is 64.7 cm³/mol. The summed E-state index contributed by atoms with van der Waals surface area (Å²) >= 11 is 1.83. The summed E-state index contributed by atoms with van der Waals surface area (Å²) in [5.74, 6) is 0. The zero-order valence-electron chi connectivity index (χ0n) is 8.79. The van der Waals surface area contributed by atoms with E-state index in [-0.39, 0.29) is 0 Å². The average Bonchev–Trinajstić information content (AvgIpc) is 2.21. The molecule has 0 saturated heterocycles. The molecule has 0 radical (unpaired) electrons. The van der Waals surface area contributed by atoms with E-state index in [1.165, 1.54) is 10.5 Å². The second kappa shape index (κ2) is 5.89. The molecule has 1 atom stereocenters. The third kappa shape index (κ3) is 3.56. The Morgan fingerprint density at radius 3 is 2.57 bits per heavy atom. The van der Waals surface area contributed by atoms with Crippen molar-refractivity contribution in [2.75, 3.05) is 7.05 Å². The first-order valence-corrected chi connectivity index (χ1v) is 5.67. The fraction of sp³-hybridized carbons (Fsp3) is 0.333. The largest absolute Gasteiger partial charge is 0.316 e. The van der Waals surface area contributed by atoms with Crippen LogP contribution in [0.4, 0.5) is 0 Å². The monoisotopic (exact) mass is 207 g/mol. The van der Waals surface area contributed by atoms with Crippen LogP contribution in [0.15, 0.2) is 41.8 Å². The van der Waals surface area contributed by atoms with Crippen molar-refractivity contribution in [2.45, 2.75) is 23.6 Å². The Morgan fingerprint density at radius 2 is 2.07 bits per heavy atom. The summed E-state index contributed by atoms with van der Waals surface area (Å²) in [6.45, 7) is 6.86. The van der Waals surface area contributed by atoms with Gasteiger partial charge in [-0.15, -0.1) is 18.3 Å². The zero-order chi connectivity index (χ0) is 10.4. The Hall–Kier alpha value is -0.730. The summed E-state index contributed by atoms with van der Waals surface area (Å²) in [5, 5.41) is 3.61. The lowest BCUT2D eigenvalue weighted by Crippen LogP contribution is -2.04. The van der Waals surface area contributed by atoms with E-state index in [1.807, 2.05) is 24.9 Å². The summed E-state index contributed by atoms with van der Waals surface area (Å²) in [5.41, 5.74) is 1.32. The fourth-order valence-electron chi connectivity index (χ4n) is 1.15. The molecule has 14 heavy (non-hydrogen) atoms. The van der Waals surface area contributed by atoms with Gasteiger partial charge in [0.05, 0.1) is 0 Å². The van der Waals surface area contributed by atoms with E-state index in [4.69, 9.17) is 0 Å². The van der Waals surface area contributed by atoms with Gasteiger partial charge in [-0.3, -0.25) is 0 Å². The summed E-state index contributed by atoms with van der Waals surface area (Å²) in [7, 11) is 1.96. The van der Waals surface area contributed by atoms with Gasteiger partial charge in [-0.1, -0.05) is 18.2 Å². The van der Waals surface area contributed by atoms with Gasteiger partial charge in [-0.25, -0.2) is 0 Å². The van der Waals surface area contributed by atoms with Crippen molar-refractivity contribution in [3.8, 4) is 0 Å². The van der Waals surface area contributed by atoms with Gasteiger partial charge in [0, 0.05) is 16.7 Å². The van der Waals surface area contributed by atoms with E-state index >= 15 is 0 Å². The molecule has 1 aromatic carbocycles. The van der Waals surface area contributed by atoms with Crippen molar-refractivity contribution in [2.24, 2.45) is 0 Å². The van der Waals surface area contributed by atoms with Crippen molar-refractivity contribution in [1.29, 1.82) is 0 Å². The molecule has 0 aromatic heterocycles. The first-order valence-electron chi connectivity index (χ1n) is 4.79. The van der Waals surface area contributed by atoms with E-state index in [2.05, 4.69) is 43.1 Å². The minimum atomic E-state index is 0.477. The molecule has 0 spiro atoms. The normalized spacial score (nSPS) is 12.4. The van der Waals surface area contributed by atoms with Crippen LogP contribution in [0.5, 0.6) is 0 Å². The first kappa shape index (κ1) is 11.3. The molecule has 0 aliphatic heterocycles. The van der Waals surface area contributed by atoms with Crippen molar-refractivity contribution < 1.29 is 0 Å². The molecule has 0 bridgehead atoms. The minimum absolute atomic E-state index is 0.477. The van der Waals surface area contributed by atoms with E-state index in [9.17, 15) is 0 Å². The van der Waals surface area contributed by atoms with Crippen LogP contribution >= 0.6 is 11.8 Å². The highest BCUT2D eigenvalue weighted by atomic mass is 32.2. The summed E-state index contributed by atoms with van der Waals surface area (Å²) in [6.07, 6.45) is 1.96. The SMILES string of the molecule is C=CC(C)Sc1ccc(CNC)cc1. The average molecular weight is 207 g/mol. The molecule has 1 nitrogen and oxygen atoms in total. The van der Waals surface area contributed by atoms with Crippen LogP contribution in [0, 0.1) is 0 Å². The third-order valence-corrected chi connectivity index (χ3v) is 3.07. The van der Waals surface area contributed by atoms with Gasteiger partial charge >= 0.3 is 0 Å². The van der Waals surface area contributed by atoms with Gasteiger partial charge in [0.1, 0.15) is 0 Å². The molecule has 1 aromatic rings. The molecule has 0 heterocycles. The predicted octanol–water partition coefficient (Wildman–Crippen LogP) is 3.07. The molecule has 0 aliphatic rings. The van der Waals surface area contributed by atoms with Gasteiger partial charge in [-0.2, -0.15) is 0 Å². The molecule has 0 amide bonds. The molecular weight excluding hydrogens is 190 g/mol. The number of rotatable bonds is 5. The van der Waals surface area contributed by atoms with Crippen LogP contribution in [-0.2, 0) is 6.54 Å². The number of nitrogens with one attached hydrogen (secondary N) is 1. The minimum Gasteiger partial charge on any atom is -0.316 e. The maximum absolute atomic E-state index is 3.77. The van der Waals surface area contributed by atoms with Crippen molar-refractivity contribution in [3.05, 3.63) is 42.5 Å². The third-order valence-electron chi connectivity index (χ3n) is 1.96. The van der Waals surface area contributed by atoms with Crippen molar-refractivity contribution in [1.82, 2.24) is 5.32 Å². The lowest BCUT2D eigenvalue weighted by atomic mass is 10.2. The van der Waals surface area contributed by atoms with Crippen molar-refractivity contribution in [3.63, 3.8) is 0 Å². The van der Waals surface area contributed by atoms with Crippen LogP contribution in [-0.4, -0.2) is 12.3 Å². The number of hydrogen-bond acceptors (Lipinski definition) is 2. The lowest BCUT2D eigenvalue weighted by molar-refractivity contribution is 0.817. The first-order chi connectivity index (χ1) is 6.76. The molecule has 1 N–H and O–H groups in total. The zero-order valence-corrected chi connectivity index (χ0v) is 9.60. The summed E-state index contributed by atoms with van der Waals surface area (Å²) in [4.78, 5) is 1.30. The molecule has 1 rings (SSSR count). The molecule has 2 heteroatoms. The summed E-state index contributed by atoms with van der Waals surface area (Å²) < 4.78 is 0. The van der Waals surface area contributed by atoms with Crippen LogP contribution in [0.1, 0.15) is 12.5 Å². The second-order valence-corrected chi connectivity index (χ2v) is 4.68. The number of hydrogen-bond donors (Lipinski definition) is 1. The highest BCUT2D eigenvalue weighted by Crippen LogP contribution is 2.23. The molecule has 0 fully saturated rings. The molecule has 0 saturated carbocycles. The van der Waals surface area contributed by atoms with Crippen LogP contribution in [0.3, 0.4) is 0 Å². The Bertz CT molecular complexity index is 279. The Morgan fingerprint density at radius 1 is 1.43 bits per heavy atom. The lowest BCUT2D eigenvalue weighted by Gasteiger charge is -2.06. The highest BCUT2D eigenvalue weighted by Gasteiger charge is 1.99. The van der Waals surface area contributed by atoms with Gasteiger partial charge < -0.3 is 5.32 Å². The maximum Gasteiger partial charge on any atom is 0.0243 e. The second-order valence-electron chi connectivity index (χ2n) is 3.23. The van der Waals surface area contributed by atoms with Gasteiger partial charge in [0.15, 0.2) is 0 Å². The van der Waals surface area contributed by atoms with E-state index in [1.54, 1.807) is 0 Å². The summed E-state index contributed by atoms with van der Waals surface area (Å²) in [6, 6.07) is 8.65. The van der Waals surface area contributed by atoms with Gasteiger partial charge in [0.25, 0.3) is 0 Å². The number of thioether (sulfide) groups is 1. The van der Waals surface area contributed by atoms with Crippen LogP contribution in [0.2, 0.25) is 0 Å². The fourth-order valence-corrected chi connectivity index (χ4v) is 1.97. The number of benzene rings is 1. The standard InChI is InChI=1S/C12H17NS/c1-4-10(2)14-12-7-5-11(6-8-12)9-13-3/h4-8,10,13H,1,9H2,2-3H3. The smallest absolute Gasteiger partial charge is 0.0243 e. The quantitative estimate of drug-likeness (QED) is 0.588.